The van der Waals surface area contributed by atoms with E-state index in [1.807, 2.05) is 6.07 Å². The highest BCUT2D eigenvalue weighted by Gasteiger charge is 2.27. The van der Waals surface area contributed by atoms with Crippen molar-refractivity contribution in [2.75, 3.05) is 50.1 Å². The van der Waals surface area contributed by atoms with Crippen molar-refractivity contribution in [1.29, 1.82) is 0 Å². The van der Waals surface area contributed by atoms with Crippen molar-refractivity contribution < 1.29 is 19.1 Å². The summed E-state index contributed by atoms with van der Waals surface area (Å²) >= 11 is 0. The van der Waals surface area contributed by atoms with Crippen LogP contribution < -0.4 is 19.7 Å². The molecule has 4 rings (SSSR count). The van der Waals surface area contributed by atoms with Crippen LogP contribution in [0.1, 0.15) is 29.6 Å². The fourth-order valence-electron chi connectivity index (χ4n) is 3.98. The van der Waals surface area contributed by atoms with Gasteiger partial charge in [-0.25, -0.2) is 0 Å². The quantitative estimate of drug-likeness (QED) is 0.794. The maximum atomic E-state index is 12.7. The summed E-state index contributed by atoms with van der Waals surface area (Å²) in [4.78, 5) is 29.4. The highest BCUT2D eigenvalue weighted by molar-refractivity contribution is 6.07. The Kier molecular flexibility index (Phi) is 6.18. The number of nitrogens with one attached hydrogen (secondary N) is 1. The number of amides is 2. The summed E-state index contributed by atoms with van der Waals surface area (Å²) in [5.74, 6) is 0.834. The Labute approximate surface area is 176 Å². The molecule has 7 nitrogen and oxygen atoms in total. The first-order valence-corrected chi connectivity index (χ1v) is 10.4. The molecule has 2 aliphatic heterocycles. The van der Waals surface area contributed by atoms with Gasteiger partial charge in [-0.2, -0.15) is 0 Å². The van der Waals surface area contributed by atoms with E-state index in [2.05, 4.69) is 10.2 Å². The summed E-state index contributed by atoms with van der Waals surface area (Å²) in [6.07, 6.45) is 3.71. The number of carbonyl (C=O) groups is 2. The maximum Gasteiger partial charge on any atom is 0.265 e. The van der Waals surface area contributed by atoms with Gasteiger partial charge in [-0.15, -0.1) is 0 Å². The Bertz CT molecular complexity index is 924. The number of benzene rings is 2. The van der Waals surface area contributed by atoms with Crippen LogP contribution in [0.3, 0.4) is 0 Å². The van der Waals surface area contributed by atoms with E-state index >= 15 is 0 Å². The third kappa shape index (κ3) is 4.41. The lowest BCUT2D eigenvalue weighted by Gasteiger charge is -2.33. The summed E-state index contributed by atoms with van der Waals surface area (Å²) in [6, 6.07) is 12.5. The fourth-order valence-corrected chi connectivity index (χ4v) is 3.98. The van der Waals surface area contributed by atoms with Gasteiger partial charge in [-0.3, -0.25) is 9.59 Å². The van der Waals surface area contributed by atoms with Gasteiger partial charge in [0, 0.05) is 18.8 Å². The van der Waals surface area contributed by atoms with E-state index in [0.29, 0.717) is 35.0 Å². The van der Waals surface area contributed by atoms with Crippen molar-refractivity contribution in [1.82, 2.24) is 4.90 Å². The molecule has 2 aromatic carbocycles. The van der Waals surface area contributed by atoms with Gasteiger partial charge in [-0.1, -0.05) is 18.6 Å². The number of likely N-dealkylation sites (tertiary alicyclic amines) is 1. The first-order valence-electron chi connectivity index (χ1n) is 10.4. The molecule has 30 heavy (non-hydrogen) atoms. The number of piperidine rings is 1. The standard InChI is InChI=1S/C23H27N3O4/c1-29-20-8-4-3-7-18(20)23(28)24-17-9-10-21-19(15-17)26(22(27)16-30-21)14-13-25-11-5-2-6-12-25/h3-4,7-10,15H,2,5-6,11-14,16H2,1H3,(H,24,28). The van der Waals surface area contributed by atoms with Crippen molar-refractivity contribution in [3.8, 4) is 11.5 Å². The molecule has 0 atom stereocenters. The number of carbonyl (C=O) groups excluding carboxylic acids is 2. The summed E-state index contributed by atoms with van der Waals surface area (Å²) < 4.78 is 10.9. The summed E-state index contributed by atoms with van der Waals surface area (Å²) in [6.45, 7) is 3.66. The van der Waals surface area contributed by atoms with Gasteiger partial charge < -0.3 is 24.6 Å². The molecule has 2 aromatic rings. The lowest BCUT2D eigenvalue weighted by atomic mass is 10.1. The molecular weight excluding hydrogens is 382 g/mol. The van der Waals surface area contributed by atoms with Crippen LogP contribution in [-0.4, -0.2) is 56.6 Å². The number of methoxy groups -OCH3 is 1. The monoisotopic (exact) mass is 409 g/mol. The van der Waals surface area contributed by atoms with Gasteiger partial charge in [0.05, 0.1) is 18.4 Å². The number of ether oxygens (including phenoxy) is 2. The van der Waals surface area contributed by atoms with Gasteiger partial charge in [0.2, 0.25) is 0 Å². The zero-order chi connectivity index (χ0) is 20.9. The molecular formula is C23H27N3O4. The number of para-hydroxylation sites is 1. The molecule has 2 aliphatic rings. The predicted molar refractivity (Wildman–Crippen MR) is 116 cm³/mol. The van der Waals surface area contributed by atoms with Crippen LogP contribution in [0.2, 0.25) is 0 Å². The second-order valence-corrected chi connectivity index (χ2v) is 7.57. The normalized spacial score (nSPS) is 16.6. The average molecular weight is 409 g/mol. The molecule has 158 valence electrons. The van der Waals surface area contributed by atoms with Gasteiger partial charge >= 0.3 is 0 Å². The van der Waals surface area contributed by atoms with Gasteiger partial charge in [0.25, 0.3) is 11.8 Å². The molecule has 0 aromatic heterocycles. The molecule has 0 aliphatic carbocycles. The average Bonchev–Trinajstić information content (AvgIpc) is 2.79. The number of rotatable bonds is 6. The van der Waals surface area contributed by atoms with Gasteiger partial charge in [-0.05, 0) is 56.3 Å². The Morgan fingerprint density at radius 1 is 1.10 bits per heavy atom. The van der Waals surface area contributed by atoms with Crippen molar-refractivity contribution in [2.24, 2.45) is 0 Å². The molecule has 0 saturated carbocycles. The number of nitrogens with zero attached hydrogens (tertiary/aromatic N) is 2. The highest BCUT2D eigenvalue weighted by Crippen LogP contribution is 2.35. The van der Waals surface area contributed by atoms with Gasteiger partial charge in [0.15, 0.2) is 6.61 Å². The number of hydrogen-bond donors (Lipinski definition) is 1. The number of hydrogen-bond acceptors (Lipinski definition) is 5. The topological polar surface area (TPSA) is 71.1 Å². The van der Waals surface area contributed by atoms with Crippen LogP contribution in [0, 0.1) is 0 Å². The molecule has 1 N–H and O–H groups in total. The third-order valence-electron chi connectivity index (χ3n) is 5.60. The Hall–Kier alpha value is -3.06. The SMILES string of the molecule is COc1ccccc1C(=O)Nc1ccc2c(c1)N(CCN1CCCCC1)C(=O)CO2. The minimum absolute atomic E-state index is 0.0416. The van der Waals surface area contributed by atoms with E-state index in [1.165, 1.54) is 26.4 Å². The maximum absolute atomic E-state index is 12.7. The number of fused-ring (bicyclic) bond motifs is 1. The number of anilines is 2. The van der Waals surface area contributed by atoms with Crippen molar-refractivity contribution in [3.63, 3.8) is 0 Å². The van der Waals surface area contributed by atoms with E-state index in [0.717, 1.165) is 19.6 Å². The molecule has 0 radical (unpaired) electrons. The molecule has 0 bridgehead atoms. The van der Waals surface area contributed by atoms with Crippen LogP contribution in [0.15, 0.2) is 42.5 Å². The third-order valence-corrected chi connectivity index (χ3v) is 5.60. The molecule has 1 saturated heterocycles. The molecule has 1 fully saturated rings. The summed E-state index contributed by atoms with van der Waals surface area (Å²) in [5.41, 5.74) is 1.75. The predicted octanol–water partition coefficient (Wildman–Crippen LogP) is 3.16. The van der Waals surface area contributed by atoms with E-state index in [4.69, 9.17) is 9.47 Å². The Morgan fingerprint density at radius 2 is 1.90 bits per heavy atom. The van der Waals surface area contributed by atoms with E-state index in [9.17, 15) is 9.59 Å². The smallest absolute Gasteiger partial charge is 0.265 e. The van der Waals surface area contributed by atoms with E-state index in [1.54, 1.807) is 41.3 Å². The van der Waals surface area contributed by atoms with Crippen LogP contribution in [0.5, 0.6) is 11.5 Å². The lowest BCUT2D eigenvalue weighted by molar-refractivity contribution is -0.121. The second-order valence-electron chi connectivity index (χ2n) is 7.57. The zero-order valence-corrected chi connectivity index (χ0v) is 17.2. The first-order chi connectivity index (χ1) is 14.7. The highest BCUT2D eigenvalue weighted by atomic mass is 16.5. The van der Waals surface area contributed by atoms with Crippen LogP contribution in [0.4, 0.5) is 11.4 Å². The minimum Gasteiger partial charge on any atom is -0.496 e. The summed E-state index contributed by atoms with van der Waals surface area (Å²) in [5, 5.41) is 2.90. The molecule has 0 spiro atoms. The van der Waals surface area contributed by atoms with Crippen molar-refractivity contribution in [3.05, 3.63) is 48.0 Å². The Balaban J connectivity index is 1.51. The first kappa shape index (κ1) is 20.2. The van der Waals surface area contributed by atoms with Crippen LogP contribution in [-0.2, 0) is 4.79 Å². The molecule has 2 amide bonds. The fraction of sp³-hybridized carbons (Fsp3) is 0.391. The van der Waals surface area contributed by atoms with Crippen molar-refractivity contribution in [2.45, 2.75) is 19.3 Å². The summed E-state index contributed by atoms with van der Waals surface area (Å²) in [7, 11) is 1.54. The molecule has 7 heteroatoms. The Morgan fingerprint density at radius 3 is 2.70 bits per heavy atom. The van der Waals surface area contributed by atoms with E-state index in [-0.39, 0.29) is 18.4 Å². The second kappa shape index (κ2) is 9.17. The van der Waals surface area contributed by atoms with Gasteiger partial charge in [0.1, 0.15) is 11.5 Å². The molecule has 2 heterocycles. The minimum atomic E-state index is -0.268. The largest absolute Gasteiger partial charge is 0.496 e. The van der Waals surface area contributed by atoms with Crippen LogP contribution >= 0.6 is 0 Å². The molecule has 0 unspecified atom stereocenters. The lowest BCUT2D eigenvalue weighted by Crippen LogP contribution is -2.44. The zero-order valence-electron chi connectivity index (χ0n) is 17.2. The van der Waals surface area contributed by atoms with E-state index < -0.39 is 0 Å². The van der Waals surface area contributed by atoms with Crippen LogP contribution in [0.25, 0.3) is 0 Å². The van der Waals surface area contributed by atoms with Crippen molar-refractivity contribution >= 4 is 23.2 Å².